The largest absolute Gasteiger partial charge is 0.383 e. The third-order valence-corrected chi connectivity index (χ3v) is 7.78. The first-order valence-electron chi connectivity index (χ1n) is 10.7. The van der Waals surface area contributed by atoms with Crippen molar-refractivity contribution in [2.45, 2.75) is 57.4 Å². The summed E-state index contributed by atoms with van der Waals surface area (Å²) >= 11 is 0. The predicted molar refractivity (Wildman–Crippen MR) is 116 cm³/mol. The Morgan fingerprint density at radius 2 is 1.83 bits per heavy atom. The van der Waals surface area contributed by atoms with E-state index < -0.39 is 10.0 Å². The second-order valence-electron chi connectivity index (χ2n) is 7.76. The molecule has 1 amide bonds. The molecule has 1 saturated heterocycles. The molecule has 0 bridgehead atoms. The molecule has 0 saturated carbocycles. The van der Waals surface area contributed by atoms with Crippen LogP contribution < -0.4 is 0 Å². The van der Waals surface area contributed by atoms with Crippen molar-refractivity contribution in [1.82, 2.24) is 9.21 Å². The van der Waals surface area contributed by atoms with Crippen LogP contribution in [0.2, 0.25) is 0 Å². The molecular weight excluding hydrogens is 404 g/mol. The molecule has 1 aromatic carbocycles. The van der Waals surface area contributed by atoms with Crippen molar-refractivity contribution in [2.24, 2.45) is 5.92 Å². The van der Waals surface area contributed by atoms with Crippen molar-refractivity contribution >= 4 is 21.7 Å². The third-order valence-electron chi connectivity index (χ3n) is 5.88. The van der Waals surface area contributed by atoms with Crippen molar-refractivity contribution in [3.05, 3.63) is 29.8 Å². The van der Waals surface area contributed by atoms with Gasteiger partial charge in [-0.15, -0.1) is 0 Å². The quantitative estimate of drug-likeness (QED) is 0.525. The highest BCUT2D eigenvalue weighted by Gasteiger charge is 2.35. The van der Waals surface area contributed by atoms with Crippen molar-refractivity contribution in [1.29, 1.82) is 0 Å². The summed E-state index contributed by atoms with van der Waals surface area (Å²) < 4.78 is 32.6. The summed E-state index contributed by atoms with van der Waals surface area (Å²) in [6, 6.07) is 6.30. The van der Waals surface area contributed by atoms with Gasteiger partial charge in [0.1, 0.15) is 0 Å². The molecule has 0 N–H and O–H groups in total. The highest BCUT2D eigenvalue weighted by molar-refractivity contribution is 7.89. The molecule has 0 spiro atoms. The Labute approximate surface area is 180 Å². The predicted octanol–water partition coefficient (Wildman–Crippen LogP) is 2.95. The van der Waals surface area contributed by atoms with E-state index in [1.54, 1.807) is 19.2 Å². The second kappa shape index (κ2) is 11.0. The Morgan fingerprint density at radius 3 is 2.37 bits per heavy atom. The Kier molecular flexibility index (Phi) is 9.00. The molecular formula is C22H34N2O5S. The molecule has 0 aliphatic carbocycles. The first-order chi connectivity index (χ1) is 14.3. The van der Waals surface area contributed by atoms with Gasteiger partial charge in [0.25, 0.3) is 0 Å². The van der Waals surface area contributed by atoms with E-state index >= 15 is 0 Å². The molecule has 0 atom stereocenters. The summed E-state index contributed by atoms with van der Waals surface area (Å²) in [6.07, 6.45) is 2.75. The lowest BCUT2D eigenvalue weighted by Gasteiger charge is -2.37. The number of methoxy groups -OCH3 is 1. The van der Waals surface area contributed by atoms with E-state index in [9.17, 15) is 18.0 Å². The fourth-order valence-corrected chi connectivity index (χ4v) is 5.51. The number of nitrogens with zero attached hydrogens (tertiary/aromatic N) is 2. The van der Waals surface area contributed by atoms with Crippen molar-refractivity contribution in [2.75, 3.05) is 33.4 Å². The molecule has 0 unspecified atom stereocenters. The lowest BCUT2D eigenvalue weighted by Crippen LogP contribution is -2.48. The van der Waals surface area contributed by atoms with Gasteiger partial charge in [0.2, 0.25) is 15.9 Å². The first-order valence-corrected chi connectivity index (χ1v) is 12.1. The van der Waals surface area contributed by atoms with Gasteiger partial charge in [-0.1, -0.05) is 26.0 Å². The number of benzene rings is 1. The van der Waals surface area contributed by atoms with Crippen LogP contribution in [-0.2, 0) is 19.6 Å². The molecule has 1 aliphatic heterocycles. The van der Waals surface area contributed by atoms with Gasteiger partial charge in [0, 0.05) is 44.3 Å². The van der Waals surface area contributed by atoms with Crippen molar-refractivity contribution in [3.63, 3.8) is 0 Å². The van der Waals surface area contributed by atoms with E-state index in [4.69, 9.17) is 4.74 Å². The zero-order valence-electron chi connectivity index (χ0n) is 18.5. The Bertz CT molecular complexity index is 828. The van der Waals surface area contributed by atoms with Crippen molar-refractivity contribution in [3.8, 4) is 0 Å². The molecule has 7 nitrogen and oxygen atoms in total. The normalized spacial score (nSPS) is 16.0. The Balaban J connectivity index is 2.09. The minimum Gasteiger partial charge on any atom is -0.383 e. The van der Waals surface area contributed by atoms with Gasteiger partial charge in [-0.3, -0.25) is 9.59 Å². The van der Waals surface area contributed by atoms with E-state index in [2.05, 4.69) is 13.8 Å². The summed E-state index contributed by atoms with van der Waals surface area (Å²) in [6.45, 7) is 7.20. The lowest BCUT2D eigenvalue weighted by atomic mass is 9.95. The van der Waals surface area contributed by atoms with E-state index in [1.807, 2.05) is 4.90 Å². The van der Waals surface area contributed by atoms with Gasteiger partial charge in [-0.25, -0.2) is 8.42 Å². The number of ether oxygens (including phenoxy) is 1. The number of Topliss-reactive ketones (excluding diaryl/α,β-unsaturated/α-hetero) is 1. The fourth-order valence-electron chi connectivity index (χ4n) is 3.99. The average Bonchev–Trinajstić information content (AvgIpc) is 2.76. The number of hydrogen-bond acceptors (Lipinski definition) is 5. The minimum atomic E-state index is -3.69. The van der Waals surface area contributed by atoms with Crippen LogP contribution in [0.4, 0.5) is 0 Å². The van der Waals surface area contributed by atoms with Gasteiger partial charge in [0.15, 0.2) is 5.78 Å². The monoisotopic (exact) mass is 438 g/mol. The van der Waals surface area contributed by atoms with Gasteiger partial charge in [-0.2, -0.15) is 4.31 Å². The molecule has 168 valence electrons. The Hall–Kier alpha value is -1.77. The summed E-state index contributed by atoms with van der Waals surface area (Å²) in [4.78, 5) is 26.8. The van der Waals surface area contributed by atoms with Crippen LogP contribution in [0.25, 0.3) is 0 Å². The van der Waals surface area contributed by atoms with Crippen LogP contribution in [0.3, 0.4) is 0 Å². The zero-order valence-corrected chi connectivity index (χ0v) is 19.3. The summed E-state index contributed by atoms with van der Waals surface area (Å²) in [5.74, 6) is -0.261. The van der Waals surface area contributed by atoms with Crippen LogP contribution in [-0.4, -0.2) is 68.7 Å². The van der Waals surface area contributed by atoms with Crippen LogP contribution in [0.15, 0.2) is 29.2 Å². The molecule has 1 heterocycles. The highest BCUT2D eigenvalue weighted by atomic mass is 32.2. The fraction of sp³-hybridized carbons (Fsp3) is 0.636. The maximum absolute atomic E-state index is 13.2. The maximum Gasteiger partial charge on any atom is 0.243 e. The Morgan fingerprint density at radius 1 is 1.20 bits per heavy atom. The van der Waals surface area contributed by atoms with Crippen LogP contribution in [0.5, 0.6) is 0 Å². The number of carbonyl (C=O) groups is 2. The van der Waals surface area contributed by atoms with E-state index in [0.29, 0.717) is 44.6 Å². The minimum absolute atomic E-state index is 0.0939. The zero-order chi connectivity index (χ0) is 22.3. The van der Waals surface area contributed by atoms with Crippen LogP contribution >= 0.6 is 0 Å². The molecule has 1 aromatic rings. The van der Waals surface area contributed by atoms with Crippen LogP contribution in [0.1, 0.15) is 56.8 Å². The number of rotatable bonds is 10. The number of piperidine rings is 1. The summed E-state index contributed by atoms with van der Waals surface area (Å²) in [5, 5.41) is 0. The summed E-state index contributed by atoms with van der Waals surface area (Å²) in [7, 11) is -2.07. The van der Waals surface area contributed by atoms with Gasteiger partial charge < -0.3 is 9.64 Å². The molecule has 2 rings (SSSR count). The van der Waals surface area contributed by atoms with Gasteiger partial charge >= 0.3 is 0 Å². The SMILES string of the molecule is CCC(CC)N(CCOC)C(=O)C1CCN(S(=O)(=O)c2cccc(C(C)=O)c2)CC1. The second-order valence-corrected chi connectivity index (χ2v) is 9.70. The number of sulfonamides is 1. The molecule has 8 heteroatoms. The first kappa shape index (κ1) is 24.5. The van der Waals surface area contributed by atoms with Crippen molar-refractivity contribution < 1.29 is 22.7 Å². The maximum atomic E-state index is 13.2. The molecule has 30 heavy (non-hydrogen) atoms. The van der Waals surface area contributed by atoms with E-state index in [1.165, 1.54) is 23.4 Å². The van der Waals surface area contributed by atoms with E-state index in [0.717, 1.165) is 12.8 Å². The third kappa shape index (κ3) is 5.68. The van der Waals surface area contributed by atoms with E-state index in [-0.39, 0.29) is 28.5 Å². The van der Waals surface area contributed by atoms with Crippen LogP contribution in [0, 0.1) is 5.92 Å². The standard InChI is InChI=1S/C22H34N2O5S/c1-5-20(6-2)24(14-15-29-4)22(26)18-10-12-23(13-11-18)30(27,28)21-9-7-8-19(16-21)17(3)25/h7-9,16,18,20H,5-6,10-15H2,1-4H3. The molecule has 1 aliphatic rings. The average molecular weight is 439 g/mol. The molecule has 0 radical (unpaired) electrons. The summed E-state index contributed by atoms with van der Waals surface area (Å²) in [5.41, 5.74) is 0.375. The number of amides is 1. The number of carbonyl (C=O) groups excluding carboxylic acids is 2. The lowest BCUT2D eigenvalue weighted by molar-refractivity contribution is -0.140. The van der Waals surface area contributed by atoms with Gasteiger partial charge in [-0.05, 0) is 44.7 Å². The molecule has 1 fully saturated rings. The smallest absolute Gasteiger partial charge is 0.243 e. The highest BCUT2D eigenvalue weighted by Crippen LogP contribution is 2.27. The number of hydrogen-bond donors (Lipinski definition) is 0. The topological polar surface area (TPSA) is 84.0 Å². The number of ketones is 1. The molecule has 0 aromatic heterocycles. The van der Waals surface area contributed by atoms with Gasteiger partial charge in [0.05, 0.1) is 11.5 Å².